The maximum Gasteiger partial charge on any atom is 1.00 e. The van der Waals surface area contributed by atoms with Gasteiger partial charge in [0.25, 0.3) is 0 Å². The molecule has 2 aromatic rings. The van der Waals surface area contributed by atoms with Crippen molar-refractivity contribution in [2.45, 2.75) is 0 Å². The van der Waals surface area contributed by atoms with Crippen molar-refractivity contribution in [1.29, 1.82) is 0 Å². The van der Waals surface area contributed by atoms with E-state index in [9.17, 15) is 9.59 Å². The van der Waals surface area contributed by atoms with Gasteiger partial charge in [-0.2, -0.15) is 0 Å². The first kappa shape index (κ1) is 20.2. The molecule has 0 aromatic heterocycles. The van der Waals surface area contributed by atoms with Crippen LogP contribution in [0.4, 0.5) is 0 Å². The number of hydrogen-bond donors (Lipinski definition) is 3. The van der Waals surface area contributed by atoms with Gasteiger partial charge < -0.3 is 16.4 Å². The molecule has 20 heavy (non-hydrogen) atoms. The van der Waals surface area contributed by atoms with Crippen LogP contribution in [0.1, 0.15) is 0 Å². The van der Waals surface area contributed by atoms with E-state index in [1.165, 1.54) is 24.3 Å². The van der Waals surface area contributed by atoms with Crippen LogP contribution in [0.25, 0.3) is 0 Å². The molecule has 0 saturated carbocycles. The third kappa shape index (κ3) is 7.33. The normalized spacial score (nSPS) is 8.00. The molecule has 0 atom stereocenters. The van der Waals surface area contributed by atoms with E-state index in [-0.39, 0.29) is 45.6 Å². The molecule has 0 heterocycles. The fourth-order valence-corrected chi connectivity index (χ4v) is 1.04. The second-order valence-electron chi connectivity index (χ2n) is 3.32. The SMILES string of the molecule is N.O=c1cccccc1O.O=c1cccccc1O.[Cu+]. The average molecular weight is 325 g/mol. The Bertz CT molecular complexity index is 578. The Morgan fingerprint density at radius 3 is 1.25 bits per heavy atom. The van der Waals surface area contributed by atoms with Crippen molar-refractivity contribution in [3.63, 3.8) is 0 Å². The first-order valence-corrected chi connectivity index (χ1v) is 5.18. The van der Waals surface area contributed by atoms with E-state index in [2.05, 4.69) is 0 Å². The van der Waals surface area contributed by atoms with Gasteiger partial charge in [-0.05, 0) is 24.3 Å². The van der Waals surface area contributed by atoms with Crippen molar-refractivity contribution >= 4 is 0 Å². The summed E-state index contributed by atoms with van der Waals surface area (Å²) in [5.41, 5.74) is -0.694. The van der Waals surface area contributed by atoms with Crippen LogP contribution < -0.4 is 17.0 Å². The standard InChI is InChI=1S/2C7H6O2.Cu.H3N/c2*8-6-4-2-1-3-5-7(6)9;;/h2*1-5H,(H,8,9);;1H3/q;;+1;. The Morgan fingerprint density at radius 1 is 0.600 bits per heavy atom. The van der Waals surface area contributed by atoms with Gasteiger partial charge in [-0.3, -0.25) is 9.59 Å². The minimum absolute atomic E-state index is 0. The van der Waals surface area contributed by atoms with Crippen molar-refractivity contribution in [3.8, 4) is 11.5 Å². The quantitative estimate of drug-likeness (QED) is 0.638. The summed E-state index contributed by atoms with van der Waals surface area (Å²) in [5, 5.41) is 17.5. The molecule has 0 radical (unpaired) electrons. The Labute approximate surface area is 126 Å². The molecular weight excluding hydrogens is 310 g/mol. The van der Waals surface area contributed by atoms with Crippen LogP contribution in [0, 0.1) is 0 Å². The van der Waals surface area contributed by atoms with Gasteiger partial charge >= 0.3 is 17.1 Å². The van der Waals surface area contributed by atoms with Crippen LogP contribution in [0.5, 0.6) is 11.5 Å². The first-order chi connectivity index (χ1) is 8.61. The fourth-order valence-electron chi connectivity index (χ4n) is 1.04. The monoisotopic (exact) mass is 324 g/mol. The van der Waals surface area contributed by atoms with E-state index < -0.39 is 0 Å². The van der Waals surface area contributed by atoms with Gasteiger partial charge in [0.15, 0.2) is 11.5 Å². The molecule has 2 aromatic carbocycles. The number of aromatic hydroxyl groups is 2. The third-order valence-electron chi connectivity index (χ3n) is 1.95. The summed E-state index contributed by atoms with van der Waals surface area (Å²) < 4.78 is 0. The van der Waals surface area contributed by atoms with Crippen LogP contribution in [-0.4, -0.2) is 10.2 Å². The Hall–Kier alpha value is -2.14. The topological polar surface area (TPSA) is 110 Å². The summed E-state index contributed by atoms with van der Waals surface area (Å²) in [6.45, 7) is 0. The maximum atomic E-state index is 10.6. The summed E-state index contributed by atoms with van der Waals surface area (Å²) in [6, 6.07) is 15.1. The molecule has 5 nitrogen and oxygen atoms in total. The number of hydrogen-bond acceptors (Lipinski definition) is 5. The minimum atomic E-state index is -0.347. The van der Waals surface area contributed by atoms with Gasteiger partial charge in [0.05, 0.1) is 0 Å². The molecule has 6 heteroatoms. The van der Waals surface area contributed by atoms with Crippen LogP contribution in [0.3, 0.4) is 0 Å². The Balaban J connectivity index is 0. The van der Waals surface area contributed by atoms with Gasteiger partial charge in [-0.1, -0.05) is 36.4 Å². The molecule has 0 amide bonds. The molecule has 0 fully saturated rings. The van der Waals surface area contributed by atoms with Crippen LogP contribution in [0.2, 0.25) is 0 Å². The van der Waals surface area contributed by atoms with Crippen molar-refractivity contribution in [3.05, 3.63) is 81.1 Å². The fraction of sp³-hybridized carbons (Fsp3) is 0. The second-order valence-corrected chi connectivity index (χ2v) is 3.32. The predicted octanol–water partition coefficient (Wildman–Crippen LogP) is 1.66. The van der Waals surface area contributed by atoms with Gasteiger partial charge in [0, 0.05) is 0 Å². The molecule has 0 aliphatic heterocycles. The van der Waals surface area contributed by atoms with Crippen molar-refractivity contribution in [1.82, 2.24) is 6.15 Å². The third-order valence-corrected chi connectivity index (χ3v) is 1.95. The Kier molecular flexibility index (Phi) is 10.9. The zero-order chi connectivity index (χ0) is 13.4. The zero-order valence-corrected chi connectivity index (χ0v) is 11.4. The Morgan fingerprint density at radius 2 is 0.900 bits per heavy atom. The van der Waals surface area contributed by atoms with E-state index in [1.807, 2.05) is 0 Å². The van der Waals surface area contributed by atoms with Gasteiger partial charge in [-0.25, -0.2) is 0 Å². The van der Waals surface area contributed by atoms with E-state index in [4.69, 9.17) is 10.2 Å². The predicted molar refractivity (Wildman–Crippen MR) is 73.8 cm³/mol. The van der Waals surface area contributed by atoms with Gasteiger partial charge in [0.2, 0.25) is 10.9 Å². The number of rotatable bonds is 0. The van der Waals surface area contributed by atoms with Gasteiger partial charge in [0.1, 0.15) is 0 Å². The molecule has 0 spiro atoms. The summed E-state index contributed by atoms with van der Waals surface area (Å²) in [6.07, 6.45) is 0. The summed E-state index contributed by atoms with van der Waals surface area (Å²) >= 11 is 0. The molecule has 2 rings (SSSR count). The maximum absolute atomic E-state index is 10.6. The summed E-state index contributed by atoms with van der Waals surface area (Å²) in [7, 11) is 0. The molecule has 0 aliphatic rings. The van der Waals surface area contributed by atoms with E-state index in [0.29, 0.717) is 0 Å². The summed E-state index contributed by atoms with van der Waals surface area (Å²) in [4.78, 5) is 21.1. The van der Waals surface area contributed by atoms with Crippen molar-refractivity contribution < 1.29 is 27.3 Å². The molecule has 5 N–H and O–H groups in total. The van der Waals surface area contributed by atoms with Crippen molar-refractivity contribution in [2.24, 2.45) is 0 Å². The van der Waals surface area contributed by atoms with Crippen LogP contribution in [0.15, 0.2) is 70.3 Å². The molecule has 0 saturated heterocycles. The molecule has 0 aliphatic carbocycles. The van der Waals surface area contributed by atoms with E-state index in [1.54, 1.807) is 36.4 Å². The summed E-state index contributed by atoms with van der Waals surface area (Å²) in [5.74, 6) is -0.417. The zero-order valence-electron chi connectivity index (χ0n) is 10.5. The molecular formula is C14H15CuNO4+. The molecule has 0 bridgehead atoms. The van der Waals surface area contributed by atoms with E-state index >= 15 is 0 Å². The smallest absolute Gasteiger partial charge is 0.504 e. The second kappa shape index (κ2) is 10.8. The van der Waals surface area contributed by atoms with Crippen LogP contribution >= 0.6 is 0 Å². The largest absolute Gasteiger partial charge is 1.00 e. The minimum Gasteiger partial charge on any atom is -0.504 e. The van der Waals surface area contributed by atoms with Crippen LogP contribution in [-0.2, 0) is 17.1 Å². The average Bonchev–Trinajstić information content (AvgIpc) is 2.65. The van der Waals surface area contributed by atoms with Gasteiger partial charge in [-0.15, -0.1) is 0 Å². The first-order valence-electron chi connectivity index (χ1n) is 5.18. The molecule has 110 valence electrons. The van der Waals surface area contributed by atoms with Crippen molar-refractivity contribution in [2.75, 3.05) is 0 Å². The van der Waals surface area contributed by atoms with E-state index in [0.717, 1.165) is 0 Å². The molecule has 0 unspecified atom stereocenters.